The van der Waals surface area contributed by atoms with Crippen molar-refractivity contribution in [3.8, 4) is 0 Å². The number of esters is 1. The van der Waals surface area contributed by atoms with Crippen molar-refractivity contribution in [1.29, 1.82) is 0 Å². The second-order valence-electron chi connectivity index (χ2n) is 6.77. The average Bonchev–Trinajstić information content (AvgIpc) is 2.52. The summed E-state index contributed by atoms with van der Waals surface area (Å²) in [6, 6.07) is 5.74. The molecular weight excluding hydrogens is 334 g/mol. The lowest BCUT2D eigenvalue weighted by Gasteiger charge is -2.53. The monoisotopic (exact) mass is 355 g/mol. The number of carbonyl (C=O) groups is 1. The minimum Gasteiger partial charge on any atom is -0.465 e. The van der Waals surface area contributed by atoms with Crippen LogP contribution in [0.2, 0.25) is 0 Å². The number of methoxy groups -OCH3 is 1. The van der Waals surface area contributed by atoms with Crippen LogP contribution in [0.1, 0.15) is 24.2 Å². The van der Waals surface area contributed by atoms with Crippen molar-refractivity contribution < 1.29 is 27.4 Å². The van der Waals surface area contributed by atoms with E-state index in [0.29, 0.717) is 31.9 Å². The first-order chi connectivity index (χ1) is 11.2. The van der Waals surface area contributed by atoms with Gasteiger partial charge >= 0.3 is 5.97 Å². The molecule has 0 N–H and O–H groups in total. The highest BCUT2D eigenvalue weighted by Gasteiger charge is 2.52. The van der Waals surface area contributed by atoms with Gasteiger partial charge < -0.3 is 14.2 Å². The predicted octanol–water partition coefficient (Wildman–Crippen LogP) is 1.25. The van der Waals surface area contributed by atoms with Crippen LogP contribution in [0.25, 0.3) is 0 Å². The second-order valence-corrected chi connectivity index (χ2v) is 8.70. The second kappa shape index (κ2) is 5.80. The molecule has 132 valence electrons. The number of rotatable bonds is 3. The van der Waals surface area contributed by atoms with Crippen LogP contribution in [0, 0.1) is 5.41 Å². The summed E-state index contributed by atoms with van der Waals surface area (Å²) >= 11 is 0. The topological polar surface area (TPSA) is 82.1 Å². The quantitative estimate of drug-likeness (QED) is 0.759. The normalized spacial score (nSPS) is 22.8. The third-order valence-electron chi connectivity index (χ3n) is 4.39. The molecule has 2 fully saturated rings. The Bertz CT molecular complexity index is 722. The summed E-state index contributed by atoms with van der Waals surface area (Å²) in [4.78, 5) is 11.6. The van der Waals surface area contributed by atoms with Gasteiger partial charge in [0.1, 0.15) is 0 Å². The van der Waals surface area contributed by atoms with Gasteiger partial charge in [-0.2, -0.15) is 4.31 Å². The van der Waals surface area contributed by atoms with Gasteiger partial charge in [-0.1, -0.05) is 0 Å². The van der Waals surface area contributed by atoms with Gasteiger partial charge in [0.2, 0.25) is 10.0 Å². The van der Waals surface area contributed by atoms with Crippen molar-refractivity contribution >= 4 is 16.0 Å². The summed E-state index contributed by atoms with van der Waals surface area (Å²) in [5.74, 6) is -1.12. The summed E-state index contributed by atoms with van der Waals surface area (Å²) in [7, 11) is -2.31. The number of hydrogen-bond acceptors (Lipinski definition) is 6. The Balaban J connectivity index is 1.69. The molecule has 7 nitrogen and oxygen atoms in total. The van der Waals surface area contributed by atoms with Gasteiger partial charge in [-0.05, 0) is 38.1 Å². The van der Waals surface area contributed by atoms with E-state index in [9.17, 15) is 13.2 Å². The van der Waals surface area contributed by atoms with E-state index >= 15 is 0 Å². The van der Waals surface area contributed by atoms with E-state index in [-0.39, 0.29) is 10.3 Å². The first kappa shape index (κ1) is 17.3. The molecule has 8 heteroatoms. The Morgan fingerprint density at radius 1 is 1.12 bits per heavy atom. The van der Waals surface area contributed by atoms with E-state index in [4.69, 9.17) is 9.47 Å². The van der Waals surface area contributed by atoms with Gasteiger partial charge in [-0.15, -0.1) is 0 Å². The van der Waals surface area contributed by atoms with E-state index in [0.717, 1.165) is 0 Å². The molecule has 0 amide bonds. The van der Waals surface area contributed by atoms with E-state index in [1.807, 2.05) is 13.8 Å². The third kappa shape index (κ3) is 3.06. The number of sulfonamides is 1. The molecule has 0 saturated carbocycles. The van der Waals surface area contributed by atoms with Gasteiger partial charge in [0.15, 0.2) is 5.79 Å². The molecule has 0 bridgehead atoms. The maximum atomic E-state index is 12.6. The Hall–Kier alpha value is -1.48. The van der Waals surface area contributed by atoms with Gasteiger partial charge in [0.05, 0.1) is 30.8 Å². The van der Waals surface area contributed by atoms with E-state index < -0.39 is 21.8 Å². The van der Waals surface area contributed by atoms with Crippen molar-refractivity contribution in [3.05, 3.63) is 29.8 Å². The van der Waals surface area contributed by atoms with Crippen molar-refractivity contribution in [2.45, 2.75) is 24.5 Å². The summed E-state index contributed by atoms with van der Waals surface area (Å²) in [6.45, 7) is 5.38. The number of carbonyl (C=O) groups excluding carboxylic acids is 1. The number of hydrogen-bond donors (Lipinski definition) is 0. The number of benzene rings is 1. The molecule has 0 unspecified atom stereocenters. The summed E-state index contributed by atoms with van der Waals surface area (Å²) in [6.07, 6.45) is 0. The molecule has 0 aliphatic carbocycles. The van der Waals surface area contributed by atoms with Crippen LogP contribution in [0.5, 0.6) is 0 Å². The molecule has 1 aromatic rings. The number of nitrogens with zero attached hydrogens (tertiary/aromatic N) is 1. The highest BCUT2D eigenvalue weighted by Crippen LogP contribution is 2.40. The minimum absolute atomic E-state index is 0.156. The molecule has 2 aliphatic heterocycles. The van der Waals surface area contributed by atoms with E-state index in [2.05, 4.69) is 4.74 Å². The molecule has 0 atom stereocenters. The molecule has 1 spiro atoms. The molecular formula is C16H21NO6S. The zero-order valence-electron chi connectivity index (χ0n) is 13.9. The lowest BCUT2D eigenvalue weighted by atomic mass is 9.82. The fraction of sp³-hybridized carbons (Fsp3) is 0.562. The fourth-order valence-corrected chi connectivity index (χ4v) is 4.49. The van der Waals surface area contributed by atoms with Gasteiger partial charge in [0.25, 0.3) is 0 Å². The van der Waals surface area contributed by atoms with Crippen molar-refractivity contribution in [2.24, 2.45) is 5.41 Å². The highest BCUT2D eigenvalue weighted by atomic mass is 32.2. The molecule has 0 radical (unpaired) electrons. The Labute approximate surface area is 141 Å². The molecule has 2 saturated heterocycles. The van der Waals surface area contributed by atoms with Crippen LogP contribution in [-0.2, 0) is 24.2 Å². The Morgan fingerprint density at radius 3 is 2.17 bits per heavy atom. The summed E-state index contributed by atoms with van der Waals surface area (Å²) in [5.41, 5.74) is 0.0435. The average molecular weight is 355 g/mol. The summed E-state index contributed by atoms with van der Waals surface area (Å²) in [5, 5.41) is 0. The zero-order chi connectivity index (χ0) is 17.6. The first-order valence-corrected chi connectivity index (χ1v) is 9.08. The standard InChI is InChI=1S/C16H21NO6S/c1-15(2)22-10-16(11-23-15)8-17(9-16)24(19,20)13-6-4-12(5-7-13)14(18)21-3/h4-7H,8-11H2,1-3H3. The Morgan fingerprint density at radius 2 is 1.67 bits per heavy atom. The van der Waals surface area contributed by atoms with Crippen LogP contribution in [0.15, 0.2) is 29.2 Å². The lowest BCUT2D eigenvalue weighted by molar-refractivity contribution is -0.299. The third-order valence-corrected chi connectivity index (χ3v) is 6.19. The molecule has 3 rings (SSSR count). The smallest absolute Gasteiger partial charge is 0.337 e. The zero-order valence-corrected chi connectivity index (χ0v) is 14.8. The summed E-state index contributed by atoms with van der Waals surface area (Å²) < 4.78 is 42.6. The van der Waals surface area contributed by atoms with E-state index in [1.54, 1.807) is 0 Å². The SMILES string of the molecule is COC(=O)c1ccc(S(=O)(=O)N2CC3(COC(C)(C)OC3)C2)cc1. The molecule has 0 aromatic heterocycles. The molecule has 2 aliphatic rings. The van der Waals surface area contributed by atoms with Gasteiger partial charge in [0, 0.05) is 18.5 Å². The number of ether oxygens (including phenoxy) is 3. The first-order valence-electron chi connectivity index (χ1n) is 7.64. The maximum absolute atomic E-state index is 12.6. The molecule has 1 aromatic carbocycles. The van der Waals surface area contributed by atoms with Gasteiger partial charge in [-0.25, -0.2) is 13.2 Å². The van der Waals surface area contributed by atoms with Crippen LogP contribution in [0.4, 0.5) is 0 Å². The fourth-order valence-electron chi connectivity index (χ4n) is 2.82. The van der Waals surface area contributed by atoms with Gasteiger partial charge in [-0.3, -0.25) is 0 Å². The van der Waals surface area contributed by atoms with E-state index in [1.165, 1.54) is 35.7 Å². The van der Waals surface area contributed by atoms with Crippen LogP contribution < -0.4 is 0 Å². The largest absolute Gasteiger partial charge is 0.465 e. The predicted molar refractivity (Wildman–Crippen MR) is 85.0 cm³/mol. The minimum atomic E-state index is -3.59. The molecule has 24 heavy (non-hydrogen) atoms. The van der Waals surface area contributed by atoms with Crippen molar-refractivity contribution in [2.75, 3.05) is 33.4 Å². The lowest BCUT2D eigenvalue weighted by Crippen LogP contribution is -2.65. The Kier molecular flexibility index (Phi) is 4.19. The van der Waals surface area contributed by atoms with Crippen molar-refractivity contribution in [1.82, 2.24) is 4.31 Å². The maximum Gasteiger partial charge on any atom is 0.337 e. The highest BCUT2D eigenvalue weighted by molar-refractivity contribution is 7.89. The van der Waals surface area contributed by atoms with Crippen molar-refractivity contribution in [3.63, 3.8) is 0 Å². The molecule has 2 heterocycles. The van der Waals surface area contributed by atoms with Crippen LogP contribution in [0.3, 0.4) is 0 Å². The van der Waals surface area contributed by atoms with Crippen LogP contribution >= 0.6 is 0 Å². The van der Waals surface area contributed by atoms with Crippen LogP contribution in [-0.4, -0.2) is 57.9 Å².